The Labute approximate surface area is 119 Å². The summed E-state index contributed by atoms with van der Waals surface area (Å²) in [7, 11) is 3.37. The van der Waals surface area contributed by atoms with E-state index >= 15 is 0 Å². The molecule has 0 amide bonds. The summed E-state index contributed by atoms with van der Waals surface area (Å²) in [6.45, 7) is 2.06. The Morgan fingerprint density at radius 2 is 2.05 bits per heavy atom. The van der Waals surface area contributed by atoms with Crippen LogP contribution in [0.25, 0.3) is 11.3 Å². The highest BCUT2D eigenvalue weighted by Gasteiger charge is 2.09. The molecule has 1 aromatic heterocycles. The number of aromatic nitrogens is 2. The molecule has 0 aliphatic heterocycles. The molecule has 0 saturated carbocycles. The number of nitrogens with one attached hydrogen (secondary N) is 2. The van der Waals surface area contributed by atoms with Crippen LogP contribution in [0.2, 0.25) is 0 Å². The molecule has 2 N–H and O–H groups in total. The molecule has 5 heteroatoms. The predicted molar refractivity (Wildman–Crippen MR) is 78.4 cm³/mol. The SMILES string of the molecule is COCC(CNCc1cn[nH]c1-c1ccccc1)OC. The second-order valence-electron chi connectivity index (χ2n) is 4.58. The largest absolute Gasteiger partial charge is 0.382 e. The van der Waals surface area contributed by atoms with Crippen molar-refractivity contribution in [3.05, 3.63) is 42.1 Å². The number of rotatable bonds is 8. The summed E-state index contributed by atoms with van der Waals surface area (Å²) in [5.41, 5.74) is 3.34. The van der Waals surface area contributed by atoms with Gasteiger partial charge in [-0.3, -0.25) is 5.10 Å². The van der Waals surface area contributed by atoms with Crippen LogP contribution >= 0.6 is 0 Å². The van der Waals surface area contributed by atoms with Gasteiger partial charge in [-0.1, -0.05) is 30.3 Å². The molecule has 0 saturated heterocycles. The van der Waals surface area contributed by atoms with E-state index in [2.05, 4.69) is 27.6 Å². The monoisotopic (exact) mass is 275 g/mol. The van der Waals surface area contributed by atoms with E-state index in [9.17, 15) is 0 Å². The molecule has 0 spiro atoms. The lowest BCUT2D eigenvalue weighted by Crippen LogP contribution is -2.31. The fourth-order valence-electron chi connectivity index (χ4n) is 2.06. The van der Waals surface area contributed by atoms with E-state index in [-0.39, 0.29) is 6.10 Å². The fraction of sp³-hybridized carbons (Fsp3) is 0.400. The number of aromatic amines is 1. The normalized spacial score (nSPS) is 12.5. The van der Waals surface area contributed by atoms with Gasteiger partial charge >= 0.3 is 0 Å². The van der Waals surface area contributed by atoms with E-state index in [1.807, 2.05) is 24.4 Å². The quantitative estimate of drug-likeness (QED) is 0.771. The number of hydrogen-bond acceptors (Lipinski definition) is 4. The first-order chi connectivity index (χ1) is 9.85. The Bertz CT molecular complexity index is 499. The molecule has 0 aliphatic rings. The number of benzene rings is 1. The van der Waals surface area contributed by atoms with E-state index in [1.54, 1.807) is 14.2 Å². The summed E-state index contributed by atoms with van der Waals surface area (Å²) in [4.78, 5) is 0. The minimum absolute atomic E-state index is 0.0621. The third kappa shape index (κ3) is 3.90. The highest BCUT2D eigenvalue weighted by Crippen LogP contribution is 2.20. The Balaban J connectivity index is 1.93. The van der Waals surface area contributed by atoms with Crippen molar-refractivity contribution in [3.8, 4) is 11.3 Å². The lowest BCUT2D eigenvalue weighted by atomic mass is 10.1. The van der Waals surface area contributed by atoms with Gasteiger partial charge in [0.1, 0.15) is 0 Å². The first-order valence-corrected chi connectivity index (χ1v) is 6.65. The first kappa shape index (κ1) is 14.7. The van der Waals surface area contributed by atoms with Crippen LogP contribution in [0, 0.1) is 0 Å². The zero-order chi connectivity index (χ0) is 14.2. The fourth-order valence-corrected chi connectivity index (χ4v) is 2.06. The number of nitrogens with zero attached hydrogens (tertiary/aromatic N) is 1. The third-order valence-corrected chi connectivity index (χ3v) is 3.15. The van der Waals surface area contributed by atoms with E-state index in [1.165, 1.54) is 0 Å². The van der Waals surface area contributed by atoms with Crippen LogP contribution in [0.4, 0.5) is 0 Å². The summed E-state index contributed by atoms with van der Waals surface area (Å²) in [6, 6.07) is 10.2. The molecular weight excluding hydrogens is 254 g/mol. The van der Waals surface area contributed by atoms with Gasteiger partial charge in [0.2, 0.25) is 0 Å². The van der Waals surface area contributed by atoms with Crippen molar-refractivity contribution in [1.29, 1.82) is 0 Å². The summed E-state index contributed by atoms with van der Waals surface area (Å²) < 4.78 is 10.4. The molecular formula is C15H21N3O2. The van der Waals surface area contributed by atoms with Gasteiger partial charge in [0, 0.05) is 32.9 Å². The molecule has 1 unspecified atom stereocenters. The summed E-state index contributed by atoms with van der Waals surface area (Å²) in [6.07, 6.45) is 1.92. The molecule has 2 aromatic rings. The molecule has 20 heavy (non-hydrogen) atoms. The van der Waals surface area contributed by atoms with Crippen molar-refractivity contribution >= 4 is 0 Å². The van der Waals surface area contributed by atoms with Crippen LogP contribution in [0.15, 0.2) is 36.5 Å². The van der Waals surface area contributed by atoms with E-state index in [0.29, 0.717) is 6.61 Å². The second kappa shape index (κ2) is 7.79. The van der Waals surface area contributed by atoms with Crippen LogP contribution in [-0.4, -0.2) is 43.7 Å². The summed E-state index contributed by atoms with van der Waals surface area (Å²) in [5, 5.41) is 10.6. The third-order valence-electron chi connectivity index (χ3n) is 3.15. The number of methoxy groups -OCH3 is 2. The van der Waals surface area contributed by atoms with E-state index in [0.717, 1.165) is 29.9 Å². The van der Waals surface area contributed by atoms with Crippen molar-refractivity contribution in [3.63, 3.8) is 0 Å². The van der Waals surface area contributed by atoms with E-state index < -0.39 is 0 Å². The van der Waals surface area contributed by atoms with Crippen molar-refractivity contribution < 1.29 is 9.47 Å². The van der Waals surface area contributed by atoms with Crippen molar-refractivity contribution in [1.82, 2.24) is 15.5 Å². The van der Waals surface area contributed by atoms with Gasteiger partial charge in [0.15, 0.2) is 0 Å². The smallest absolute Gasteiger partial charge is 0.0928 e. The number of ether oxygens (including phenoxy) is 2. The number of H-pyrrole nitrogens is 1. The maximum Gasteiger partial charge on any atom is 0.0928 e. The average Bonchev–Trinajstić information content (AvgIpc) is 2.95. The molecule has 2 rings (SSSR count). The zero-order valence-corrected chi connectivity index (χ0v) is 11.9. The van der Waals surface area contributed by atoms with Gasteiger partial charge in [-0.2, -0.15) is 5.10 Å². The van der Waals surface area contributed by atoms with Crippen LogP contribution < -0.4 is 5.32 Å². The first-order valence-electron chi connectivity index (χ1n) is 6.65. The van der Waals surface area contributed by atoms with Crippen LogP contribution in [0.1, 0.15) is 5.56 Å². The molecule has 0 aliphatic carbocycles. The lowest BCUT2D eigenvalue weighted by Gasteiger charge is -2.15. The maximum absolute atomic E-state index is 5.31. The minimum atomic E-state index is 0.0621. The average molecular weight is 275 g/mol. The Kier molecular flexibility index (Phi) is 5.73. The Morgan fingerprint density at radius 3 is 2.75 bits per heavy atom. The number of hydrogen-bond donors (Lipinski definition) is 2. The molecule has 0 radical (unpaired) electrons. The molecule has 1 heterocycles. The van der Waals surface area contributed by atoms with Gasteiger partial charge in [0.05, 0.1) is 24.6 Å². The highest BCUT2D eigenvalue weighted by atomic mass is 16.5. The second-order valence-corrected chi connectivity index (χ2v) is 4.58. The topological polar surface area (TPSA) is 59.2 Å². The summed E-state index contributed by atoms with van der Waals surface area (Å²) in [5.74, 6) is 0. The highest BCUT2D eigenvalue weighted by molar-refractivity contribution is 5.62. The lowest BCUT2D eigenvalue weighted by molar-refractivity contribution is 0.0288. The molecule has 0 bridgehead atoms. The van der Waals surface area contributed by atoms with Gasteiger partial charge in [-0.05, 0) is 5.56 Å². The molecule has 108 valence electrons. The Hall–Kier alpha value is -1.69. The van der Waals surface area contributed by atoms with Crippen LogP contribution in [0.5, 0.6) is 0 Å². The minimum Gasteiger partial charge on any atom is -0.382 e. The van der Waals surface area contributed by atoms with Gasteiger partial charge in [-0.15, -0.1) is 0 Å². The predicted octanol–water partition coefficient (Wildman–Crippen LogP) is 1.83. The van der Waals surface area contributed by atoms with Gasteiger partial charge in [0.25, 0.3) is 0 Å². The molecule has 1 aromatic carbocycles. The van der Waals surface area contributed by atoms with Gasteiger partial charge < -0.3 is 14.8 Å². The zero-order valence-electron chi connectivity index (χ0n) is 11.9. The van der Waals surface area contributed by atoms with E-state index in [4.69, 9.17) is 9.47 Å². The van der Waals surface area contributed by atoms with Crippen LogP contribution in [-0.2, 0) is 16.0 Å². The van der Waals surface area contributed by atoms with Crippen molar-refractivity contribution in [2.75, 3.05) is 27.4 Å². The molecule has 5 nitrogen and oxygen atoms in total. The molecule has 1 atom stereocenters. The van der Waals surface area contributed by atoms with Crippen molar-refractivity contribution in [2.24, 2.45) is 0 Å². The maximum atomic E-state index is 5.31. The van der Waals surface area contributed by atoms with Crippen molar-refractivity contribution in [2.45, 2.75) is 12.6 Å². The van der Waals surface area contributed by atoms with Crippen LogP contribution in [0.3, 0.4) is 0 Å². The molecule has 0 fully saturated rings. The Morgan fingerprint density at radius 1 is 1.25 bits per heavy atom. The standard InChI is InChI=1S/C15H21N3O2/c1-19-11-14(20-2)10-16-8-13-9-17-18-15(13)12-6-4-3-5-7-12/h3-7,9,14,16H,8,10-11H2,1-2H3,(H,17,18). The van der Waals surface area contributed by atoms with Gasteiger partial charge in [-0.25, -0.2) is 0 Å². The summed E-state index contributed by atoms with van der Waals surface area (Å²) >= 11 is 0.